The van der Waals surface area contributed by atoms with Crippen molar-refractivity contribution in [1.29, 1.82) is 0 Å². The van der Waals surface area contributed by atoms with E-state index in [1.54, 1.807) is 9.80 Å². The molecule has 1 N–H and O–H groups in total. The molecule has 1 aromatic rings. The SMILES string of the molecule is CC(C)(C)OC(=O)N1CCN(C(=O)C(c2cccc(Br)c2)C2(O)CCC2)CC1. The van der Waals surface area contributed by atoms with Crippen molar-refractivity contribution in [3.05, 3.63) is 34.3 Å². The molecule has 1 saturated carbocycles. The maximum absolute atomic E-state index is 13.4. The van der Waals surface area contributed by atoms with Crippen LogP contribution >= 0.6 is 15.9 Å². The van der Waals surface area contributed by atoms with E-state index in [4.69, 9.17) is 4.74 Å². The Morgan fingerprint density at radius 2 is 1.75 bits per heavy atom. The topological polar surface area (TPSA) is 70.1 Å². The van der Waals surface area contributed by atoms with E-state index in [0.717, 1.165) is 16.5 Å². The maximum Gasteiger partial charge on any atom is 0.410 e. The fourth-order valence-corrected chi connectivity index (χ4v) is 4.23. The summed E-state index contributed by atoms with van der Waals surface area (Å²) >= 11 is 3.47. The van der Waals surface area contributed by atoms with Crippen molar-refractivity contribution in [2.75, 3.05) is 26.2 Å². The molecule has 2 amide bonds. The quantitative estimate of drug-likeness (QED) is 0.761. The van der Waals surface area contributed by atoms with E-state index < -0.39 is 17.1 Å². The zero-order valence-electron chi connectivity index (χ0n) is 16.8. The number of hydrogen-bond acceptors (Lipinski definition) is 4. The number of benzene rings is 1. The van der Waals surface area contributed by atoms with Crippen molar-refractivity contribution in [2.45, 2.75) is 57.2 Å². The summed E-state index contributed by atoms with van der Waals surface area (Å²) in [5.74, 6) is -0.643. The third-order valence-corrected chi connectivity index (χ3v) is 5.92. The monoisotopic (exact) mass is 452 g/mol. The highest BCUT2D eigenvalue weighted by Crippen LogP contribution is 2.45. The van der Waals surface area contributed by atoms with Crippen molar-refractivity contribution < 1.29 is 19.4 Å². The molecular weight excluding hydrogens is 424 g/mol. The third kappa shape index (κ3) is 4.69. The molecule has 1 heterocycles. The molecule has 1 aliphatic heterocycles. The van der Waals surface area contributed by atoms with E-state index >= 15 is 0 Å². The van der Waals surface area contributed by atoms with Crippen LogP contribution in [-0.4, -0.2) is 64.3 Å². The standard InChI is InChI=1S/C21H29BrN2O4/c1-20(2,3)28-19(26)24-12-10-23(11-13-24)18(25)17(21(27)8-5-9-21)15-6-4-7-16(22)14-15/h4,6-7,14,17,27H,5,8-13H2,1-3H3. The Morgan fingerprint density at radius 3 is 2.25 bits per heavy atom. The predicted octanol–water partition coefficient (Wildman–Crippen LogP) is 3.53. The summed E-state index contributed by atoms with van der Waals surface area (Å²) in [5, 5.41) is 11.0. The van der Waals surface area contributed by atoms with Gasteiger partial charge in [0.2, 0.25) is 5.91 Å². The minimum Gasteiger partial charge on any atom is -0.444 e. The average Bonchev–Trinajstić information content (AvgIpc) is 2.59. The van der Waals surface area contributed by atoms with Crippen LogP contribution in [0.5, 0.6) is 0 Å². The number of carbonyl (C=O) groups is 2. The lowest BCUT2D eigenvalue weighted by Crippen LogP contribution is -2.56. The smallest absolute Gasteiger partial charge is 0.410 e. The Balaban J connectivity index is 1.70. The third-order valence-electron chi connectivity index (χ3n) is 5.43. The molecule has 1 atom stereocenters. The Kier molecular flexibility index (Phi) is 6.05. The first kappa shape index (κ1) is 21.1. The molecule has 28 heavy (non-hydrogen) atoms. The second kappa shape index (κ2) is 8.03. The number of piperazine rings is 1. The summed E-state index contributed by atoms with van der Waals surface area (Å²) in [5.41, 5.74) is -0.695. The van der Waals surface area contributed by atoms with Crippen LogP contribution in [0.1, 0.15) is 51.5 Å². The van der Waals surface area contributed by atoms with Gasteiger partial charge in [0.05, 0.1) is 11.5 Å². The first-order valence-electron chi connectivity index (χ1n) is 9.84. The summed E-state index contributed by atoms with van der Waals surface area (Å²) in [6.45, 7) is 7.28. The molecular formula is C21H29BrN2O4. The van der Waals surface area contributed by atoms with Gasteiger partial charge in [0.15, 0.2) is 0 Å². The lowest BCUT2D eigenvalue weighted by atomic mass is 9.68. The molecule has 2 fully saturated rings. The first-order chi connectivity index (χ1) is 13.1. The largest absolute Gasteiger partial charge is 0.444 e. The van der Waals surface area contributed by atoms with E-state index in [1.165, 1.54) is 0 Å². The van der Waals surface area contributed by atoms with Gasteiger partial charge in [-0.25, -0.2) is 4.79 Å². The van der Waals surface area contributed by atoms with Crippen LogP contribution in [0.25, 0.3) is 0 Å². The van der Waals surface area contributed by atoms with E-state index in [2.05, 4.69) is 15.9 Å². The molecule has 0 spiro atoms. The summed E-state index contributed by atoms with van der Waals surface area (Å²) in [7, 11) is 0. The molecule has 0 bridgehead atoms. The average molecular weight is 453 g/mol. The molecule has 154 valence electrons. The highest BCUT2D eigenvalue weighted by Gasteiger charge is 2.48. The number of rotatable bonds is 3. The number of hydrogen-bond donors (Lipinski definition) is 1. The number of carbonyl (C=O) groups excluding carboxylic acids is 2. The number of amides is 2. The van der Waals surface area contributed by atoms with Gasteiger partial charge in [-0.15, -0.1) is 0 Å². The maximum atomic E-state index is 13.4. The normalized spacial score (nSPS) is 20.3. The summed E-state index contributed by atoms with van der Waals surface area (Å²) in [6.07, 6.45) is 1.85. The minimum absolute atomic E-state index is 0.0656. The zero-order valence-corrected chi connectivity index (χ0v) is 18.4. The van der Waals surface area contributed by atoms with Gasteiger partial charge in [-0.05, 0) is 57.7 Å². The van der Waals surface area contributed by atoms with Gasteiger partial charge < -0.3 is 19.6 Å². The molecule has 2 aliphatic rings. The van der Waals surface area contributed by atoms with E-state index in [1.807, 2.05) is 45.0 Å². The van der Waals surface area contributed by atoms with Gasteiger partial charge in [0.1, 0.15) is 5.60 Å². The molecule has 3 rings (SSSR count). The molecule has 1 aliphatic carbocycles. The molecule has 1 unspecified atom stereocenters. The van der Waals surface area contributed by atoms with Crippen LogP contribution < -0.4 is 0 Å². The number of halogens is 1. The summed E-state index contributed by atoms with van der Waals surface area (Å²) in [4.78, 5) is 29.0. The Bertz CT molecular complexity index is 734. The van der Waals surface area contributed by atoms with Crippen molar-refractivity contribution in [3.8, 4) is 0 Å². The molecule has 0 radical (unpaired) electrons. The molecule has 1 saturated heterocycles. The summed E-state index contributed by atoms with van der Waals surface area (Å²) < 4.78 is 6.31. The van der Waals surface area contributed by atoms with Crippen molar-refractivity contribution >= 4 is 27.9 Å². The van der Waals surface area contributed by atoms with Gasteiger partial charge in [-0.3, -0.25) is 4.79 Å². The second-order valence-corrected chi connectivity index (χ2v) is 9.65. The molecule has 6 nitrogen and oxygen atoms in total. The fourth-order valence-electron chi connectivity index (χ4n) is 3.81. The van der Waals surface area contributed by atoms with Crippen LogP contribution in [0.15, 0.2) is 28.7 Å². The lowest BCUT2D eigenvalue weighted by molar-refractivity contribution is -0.146. The fraction of sp³-hybridized carbons (Fsp3) is 0.619. The highest BCUT2D eigenvalue weighted by atomic mass is 79.9. The Hall–Kier alpha value is -1.60. The van der Waals surface area contributed by atoms with Crippen molar-refractivity contribution in [2.24, 2.45) is 0 Å². The van der Waals surface area contributed by atoms with Crippen LogP contribution in [0.4, 0.5) is 4.79 Å². The Labute approximate surface area is 175 Å². The lowest BCUT2D eigenvalue weighted by Gasteiger charge is -2.45. The zero-order chi connectivity index (χ0) is 20.5. The molecule has 0 aromatic heterocycles. The van der Waals surface area contributed by atoms with Crippen LogP contribution in [-0.2, 0) is 9.53 Å². The van der Waals surface area contributed by atoms with Gasteiger partial charge >= 0.3 is 6.09 Å². The number of ether oxygens (including phenoxy) is 1. The van der Waals surface area contributed by atoms with E-state index in [9.17, 15) is 14.7 Å². The molecule has 1 aromatic carbocycles. The highest BCUT2D eigenvalue weighted by molar-refractivity contribution is 9.10. The van der Waals surface area contributed by atoms with Gasteiger partial charge in [0, 0.05) is 30.7 Å². The summed E-state index contributed by atoms with van der Waals surface area (Å²) in [6, 6.07) is 7.62. The van der Waals surface area contributed by atoms with Gasteiger partial charge in [-0.1, -0.05) is 28.1 Å². The Morgan fingerprint density at radius 1 is 1.14 bits per heavy atom. The van der Waals surface area contributed by atoms with Gasteiger partial charge in [0.25, 0.3) is 0 Å². The van der Waals surface area contributed by atoms with Crippen molar-refractivity contribution in [3.63, 3.8) is 0 Å². The minimum atomic E-state index is -0.986. The number of aliphatic hydroxyl groups is 1. The van der Waals surface area contributed by atoms with Crippen molar-refractivity contribution in [1.82, 2.24) is 9.80 Å². The predicted molar refractivity (Wildman–Crippen MR) is 110 cm³/mol. The van der Waals surface area contributed by atoms with E-state index in [-0.39, 0.29) is 12.0 Å². The van der Waals surface area contributed by atoms with Crippen LogP contribution in [0, 0.1) is 0 Å². The molecule has 7 heteroatoms. The van der Waals surface area contributed by atoms with E-state index in [0.29, 0.717) is 39.0 Å². The first-order valence-corrected chi connectivity index (χ1v) is 10.6. The van der Waals surface area contributed by atoms with Crippen LogP contribution in [0.3, 0.4) is 0 Å². The van der Waals surface area contributed by atoms with Crippen LogP contribution in [0.2, 0.25) is 0 Å². The number of nitrogens with zero attached hydrogens (tertiary/aromatic N) is 2. The second-order valence-electron chi connectivity index (χ2n) is 8.74. The van der Waals surface area contributed by atoms with Gasteiger partial charge in [-0.2, -0.15) is 0 Å².